The number of hydrogen-bond donors (Lipinski definition) is 2. The Bertz CT molecular complexity index is 1310. The van der Waals surface area contributed by atoms with Gasteiger partial charge in [-0.1, -0.05) is 72.8 Å². The van der Waals surface area contributed by atoms with Crippen LogP contribution in [0.3, 0.4) is 0 Å². The van der Waals surface area contributed by atoms with E-state index in [0.29, 0.717) is 6.54 Å². The zero-order valence-electron chi connectivity index (χ0n) is 22.4. The number of aliphatic hydroxyl groups excluding tert-OH is 1. The molecule has 5 nitrogen and oxygen atoms in total. The molecule has 37 heavy (non-hydrogen) atoms. The van der Waals surface area contributed by atoms with Gasteiger partial charge >= 0.3 is 0 Å². The molecule has 2 N–H and O–H groups in total. The summed E-state index contributed by atoms with van der Waals surface area (Å²) in [6.07, 6.45) is 2.65. The highest BCUT2D eigenvalue weighted by Gasteiger charge is 2.32. The molecule has 1 fully saturated rings. The van der Waals surface area contributed by atoms with Crippen LogP contribution in [-0.4, -0.2) is 50.6 Å². The van der Waals surface area contributed by atoms with Crippen molar-refractivity contribution in [3.05, 3.63) is 101 Å². The number of aryl methyl sites for hydroxylation is 1. The minimum atomic E-state index is -0.412. The summed E-state index contributed by atoms with van der Waals surface area (Å²) in [5.41, 5.74) is 4.71. The fourth-order valence-electron chi connectivity index (χ4n) is 5.75. The third-order valence-corrected chi connectivity index (χ3v) is 7.63. The fraction of sp³-hybridized carbons (Fsp3) is 0.406. The summed E-state index contributed by atoms with van der Waals surface area (Å²) in [6, 6.07) is 28.1. The maximum absolute atomic E-state index is 11.3. The number of aliphatic hydroxyl groups is 1. The molecular weight excluding hydrogens is 456 g/mol. The predicted octanol–water partition coefficient (Wildman–Crippen LogP) is 5.33. The number of fused-ring (bicyclic) bond motifs is 1. The van der Waals surface area contributed by atoms with Crippen LogP contribution in [0.15, 0.2) is 78.9 Å². The van der Waals surface area contributed by atoms with Gasteiger partial charge in [-0.05, 0) is 74.5 Å². The Morgan fingerprint density at radius 1 is 0.946 bits per heavy atom. The molecule has 5 rings (SSSR count). The smallest absolute Gasteiger partial charge is 0.0819 e. The van der Waals surface area contributed by atoms with Gasteiger partial charge in [-0.3, -0.25) is 9.58 Å². The Kier molecular flexibility index (Phi) is 7.75. The van der Waals surface area contributed by atoms with Gasteiger partial charge in [0, 0.05) is 24.7 Å². The van der Waals surface area contributed by atoms with Crippen LogP contribution >= 0.6 is 0 Å². The van der Waals surface area contributed by atoms with Gasteiger partial charge in [-0.2, -0.15) is 5.10 Å². The number of likely N-dealkylation sites (tertiary alicyclic amines) is 1. The van der Waals surface area contributed by atoms with Gasteiger partial charge in [0.25, 0.3) is 0 Å². The highest BCUT2D eigenvalue weighted by Crippen LogP contribution is 2.24. The molecule has 0 amide bonds. The van der Waals surface area contributed by atoms with Crippen molar-refractivity contribution >= 4 is 10.8 Å². The highest BCUT2D eigenvalue weighted by molar-refractivity contribution is 5.83. The SMILES string of the molecule is Cc1cc(CN2CCCC2C(O)CNC(C)(C)Cc2ccc3ccccc3c2)n(Cc2ccccc2)n1. The number of rotatable bonds is 10. The van der Waals surface area contributed by atoms with Gasteiger partial charge < -0.3 is 10.4 Å². The zero-order valence-corrected chi connectivity index (χ0v) is 22.4. The lowest BCUT2D eigenvalue weighted by Gasteiger charge is -2.33. The second-order valence-corrected chi connectivity index (χ2v) is 11.3. The molecule has 1 aliphatic rings. The fourth-order valence-corrected chi connectivity index (χ4v) is 5.75. The number of β-amino-alcohol motifs (C(OH)–C–C–N with tert-alkyl or cyclic N) is 1. The highest BCUT2D eigenvalue weighted by atomic mass is 16.3. The van der Waals surface area contributed by atoms with Crippen LogP contribution in [0.1, 0.15) is 49.2 Å². The number of nitrogens with zero attached hydrogens (tertiary/aromatic N) is 3. The lowest BCUT2D eigenvalue weighted by molar-refractivity contribution is 0.0621. The molecule has 0 radical (unpaired) electrons. The van der Waals surface area contributed by atoms with Crippen molar-refractivity contribution in [1.29, 1.82) is 0 Å². The Balaban J connectivity index is 1.19. The summed E-state index contributed by atoms with van der Waals surface area (Å²) in [5, 5.41) is 22.2. The minimum absolute atomic E-state index is 0.113. The summed E-state index contributed by atoms with van der Waals surface area (Å²) >= 11 is 0. The van der Waals surface area contributed by atoms with E-state index in [0.717, 1.165) is 44.6 Å². The third-order valence-electron chi connectivity index (χ3n) is 7.63. The molecule has 2 atom stereocenters. The van der Waals surface area contributed by atoms with E-state index >= 15 is 0 Å². The van der Waals surface area contributed by atoms with Gasteiger partial charge in [0.1, 0.15) is 0 Å². The predicted molar refractivity (Wildman–Crippen MR) is 152 cm³/mol. The molecule has 1 aromatic heterocycles. The van der Waals surface area contributed by atoms with Crippen molar-refractivity contribution in [3.63, 3.8) is 0 Å². The van der Waals surface area contributed by atoms with E-state index in [1.165, 1.54) is 27.6 Å². The van der Waals surface area contributed by atoms with Gasteiger partial charge in [0.05, 0.1) is 24.0 Å². The first kappa shape index (κ1) is 25.7. The standard InChI is InChI=1S/C32H40N4O/c1-24-18-29(36(34-24)22-25-10-5-4-6-11-25)23-35-17-9-14-30(35)31(37)21-33-32(2,3)20-26-15-16-27-12-7-8-13-28(27)19-26/h4-8,10-13,15-16,18-19,30-31,33,37H,9,14,17,20-23H2,1-3H3. The Morgan fingerprint density at radius 3 is 2.51 bits per heavy atom. The van der Waals surface area contributed by atoms with E-state index in [9.17, 15) is 5.11 Å². The monoisotopic (exact) mass is 496 g/mol. The topological polar surface area (TPSA) is 53.3 Å². The van der Waals surface area contributed by atoms with Crippen molar-refractivity contribution in [1.82, 2.24) is 20.0 Å². The lowest BCUT2D eigenvalue weighted by Crippen LogP contribution is -2.50. The number of aromatic nitrogens is 2. The first-order chi connectivity index (χ1) is 17.9. The molecular formula is C32H40N4O. The maximum Gasteiger partial charge on any atom is 0.0819 e. The molecule has 194 valence electrons. The first-order valence-electron chi connectivity index (χ1n) is 13.6. The normalized spacial score (nSPS) is 17.5. The van der Waals surface area contributed by atoms with Gasteiger partial charge in [0.2, 0.25) is 0 Å². The van der Waals surface area contributed by atoms with Crippen LogP contribution in [-0.2, 0) is 19.5 Å². The van der Waals surface area contributed by atoms with Crippen LogP contribution in [0.4, 0.5) is 0 Å². The first-order valence-corrected chi connectivity index (χ1v) is 13.6. The third kappa shape index (κ3) is 6.48. The molecule has 0 spiro atoms. The summed E-state index contributed by atoms with van der Waals surface area (Å²) in [5.74, 6) is 0. The van der Waals surface area contributed by atoms with E-state index in [2.05, 4.69) is 108 Å². The van der Waals surface area contributed by atoms with E-state index in [-0.39, 0.29) is 11.6 Å². The second-order valence-electron chi connectivity index (χ2n) is 11.3. The Labute approximate surface area is 221 Å². The van der Waals surface area contributed by atoms with Crippen molar-refractivity contribution in [2.24, 2.45) is 0 Å². The van der Waals surface area contributed by atoms with Crippen molar-refractivity contribution in [2.45, 2.75) is 70.8 Å². The number of benzene rings is 3. The van der Waals surface area contributed by atoms with Crippen LogP contribution in [0.5, 0.6) is 0 Å². The summed E-state index contributed by atoms with van der Waals surface area (Å²) in [6.45, 7) is 9.70. The quantitative estimate of drug-likeness (QED) is 0.312. The largest absolute Gasteiger partial charge is 0.390 e. The van der Waals surface area contributed by atoms with Crippen LogP contribution in [0.2, 0.25) is 0 Å². The van der Waals surface area contributed by atoms with Crippen molar-refractivity contribution in [2.75, 3.05) is 13.1 Å². The van der Waals surface area contributed by atoms with E-state index in [1.54, 1.807) is 0 Å². The molecule has 1 saturated heterocycles. The van der Waals surface area contributed by atoms with Crippen LogP contribution in [0.25, 0.3) is 10.8 Å². The van der Waals surface area contributed by atoms with Gasteiger partial charge in [0.15, 0.2) is 0 Å². The summed E-state index contributed by atoms with van der Waals surface area (Å²) < 4.78 is 2.12. The minimum Gasteiger partial charge on any atom is -0.390 e. The molecule has 5 heteroatoms. The second kappa shape index (κ2) is 11.2. The Morgan fingerprint density at radius 2 is 1.70 bits per heavy atom. The zero-order chi connectivity index (χ0) is 25.8. The average Bonchev–Trinajstić information content (AvgIpc) is 3.49. The molecule has 0 aliphatic carbocycles. The van der Waals surface area contributed by atoms with Gasteiger partial charge in [-0.25, -0.2) is 0 Å². The van der Waals surface area contributed by atoms with Crippen molar-refractivity contribution < 1.29 is 5.11 Å². The van der Waals surface area contributed by atoms with Gasteiger partial charge in [-0.15, -0.1) is 0 Å². The molecule has 2 unspecified atom stereocenters. The Hall–Kier alpha value is -2.99. The number of nitrogens with one attached hydrogen (secondary N) is 1. The molecule has 0 saturated carbocycles. The summed E-state index contributed by atoms with van der Waals surface area (Å²) in [4.78, 5) is 2.45. The average molecular weight is 497 g/mol. The van der Waals surface area contributed by atoms with Crippen molar-refractivity contribution in [3.8, 4) is 0 Å². The molecule has 2 heterocycles. The molecule has 0 bridgehead atoms. The summed E-state index contributed by atoms with van der Waals surface area (Å²) in [7, 11) is 0. The lowest BCUT2D eigenvalue weighted by atomic mass is 9.93. The van der Waals surface area contributed by atoms with Crippen LogP contribution in [0, 0.1) is 6.92 Å². The van der Waals surface area contributed by atoms with E-state index in [4.69, 9.17) is 5.10 Å². The van der Waals surface area contributed by atoms with Crippen LogP contribution < -0.4 is 5.32 Å². The molecule has 4 aromatic rings. The van der Waals surface area contributed by atoms with E-state index in [1.807, 2.05) is 6.07 Å². The maximum atomic E-state index is 11.3. The number of hydrogen-bond acceptors (Lipinski definition) is 4. The molecule has 1 aliphatic heterocycles. The van der Waals surface area contributed by atoms with E-state index < -0.39 is 6.10 Å². The molecule has 3 aromatic carbocycles.